The van der Waals surface area contributed by atoms with Crippen LogP contribution in [0.5, 0.6) is 17.2 Å². The van der Waals surface area contributed by atoms with Crippen molar-refractivity contribution in [3.63, 3.8) is 0 Å². The number of Topliss-reactive ketones (excluding diaryl/α,β-unsaturated/α-hetero) is 1. The first kappa shape index (κ1) is 15.1. The summed E-state index contributed by atoms with van der Waals surface area (Å²) in [5.41, 5.74) is 0.478. The molecule has 6 heteroatoms. The van der Waals surface area contributed by atoms with Crippen LogP contribution in [0.15, 0.2) is 64.9 Å². The number of ketones is 1. The molecular formula is C18H14O4S2. The maximum Gasteiger partial charge on any atom is 0.293 e. The molecule has 2 aromatic carbocycles. The molecular weight excluding hydrogens is 344 g/mol. The summed E-state index contributed by atoms with van der Waals surface area (Å²) in [6.45, 7) is 0. The van der Waals surface area contributed by atoms with Crippen molar-refractivity contribution in [1.29, 1.82) is 1.43 Å². The van der Waals surface area contributed by atoms with Crippen molar-refractivity contribution in [2.24, 2.45) is 0 Å². The first-order valence-electron chi connectivity index (χ1n) is 7.49. The highest BCUT2D eigenvalue weighted by atomic mass is 32.2. The van der Waals surface area contributed by atoms with Crippen LogP contribution >= 0.6 is 23.1 Å². The van der Waals surface area contributed by atoms with E-state index in [1.165, 1.54) is 41.3 Å². The summed E-state index contributed by atoms with van der Waals surface area (Å²) in [7, 11) is 0. The molecule has 3 N–H and O–H groups in total. The van der Waals surface area contributed by atoms with E-state index < -0.39 is 5.25 Å². The average molecular weight is 360 g/mol. The number of carbonyl (C=O) groups excluding carboxylic acids is 1. The summed E-state index contributed by atoms with van der Waals surface area (Å²) in [6, 6.07) is 14.3. The first-order valence-corrected chi connectivity index (χ1v) is 8.84. The molecule has 0 fully saturated rings. The van der Waals surface area contributed by atoms with E-state index in [4.69, 9.17) is 1.43 Å². The van der Waals surface area contributed by atoms with Gasteiger partial charge in [-0.15, -0.1) is 23.1 Å². The quantitative estimate of drug-likeness (QED) is 0.341. The van der Waals surface area contributed by atoms with Crippen LogP contribution < -0.4 is 0 Å². The van der Waals surface area contributed by atoms with Gasteiger partial charge in [0.2, 0.25) is 0 Å². The Hall–Kier alpha value is -2.44. The van der Waals surface area contributed by atoms with Gasteiger partial charge in [-0.25, -0.2) is 0 Å². The number of hydrogen-bond acceptors (Lipinski definition) is 6. The topological polar surface area (TPSA) is 77.8 Å². The minimum absolute atomic E-state index is 0.00936. The molecule has 0 saturated carbocycles. The van der Waals surface area contributed by atoms with Gasteiger partial charge < -0.3 is 15.3 Å². The Kier molecular flexibility index (Phi) is 4.40. The zero-order valence-corrected chi connectivity index (χ0v) is 14.0. The van der Waals surface area contributed by atoms with Gasteiger partial charge in [-0.1, -0.05) is 6.07 Å². The predicted molar refractivity (Wildman–Crippen MR) is 95.1 cm³/mol. The largest absolute Gasteiger partial charge is 0.508 e. The van der Waals surface area contributed by atoms with Gasteiger partial charge in [-0.3, -0.25) is 4.79 Å². The summed E-state index contributed by atoms with van der Waals surface area (Å²) >= 11 is 2.63. The number of carbonyl (C=O) groups is 1. The third-order valence-electron chi connectivity index (χ3n) is 3.37. The number of phenols is 3. The maximum atomic E-state index is 13.0. The van der Waals surface area contributed by atoms with Crippen molar-refractivity contribution in [3.05, 3.63) is 70.4 Å². The minimum Gasteiger partial charge on any atom is -0.508 e. The van der Waals surface area contributed by atoms with Crippen LogP contribution in [0.4, 0.5) is 0 Å². The normalized spacial score (nSPS) is 12.4. The molecule has 1 unspecified atom stereocenters. The van der Waals surface area contributed by atoms with Crippen molar-refractivity contribution in [2.75, 3.05) is 0 Å². The van der Waals surface area contributed by atoms with E-state index >= 15 is 0 Å². The lowest BCUT2D eigenvalue weighted by Gasteiger charge is -2.15. The molecule has 0 aliphatic rings. The fourth-order valence-electron chi connectivity index (χ4n) is 2.18. The molecule has 4 nitrogen and oxygen atoms in total. The standard InChI is InChI=1S/C18H14O4S2/c19-12-5-3-11(4-6-12)17(22)18(15-2-1-9-23-15)24-16-10-13(20)7-8-14(16)21/h1-10,18-21H/i/hT. The molecule has 0 aliphatic heterocycles. The summed E-state index contributed by atoms with van der Waals surface area (Å²) < 4.78 is 6.87. The van der Waals surface area contributed by atoms with Crippen LogP contribution in [-0.2, 0) is 0 Å². The van der Waals surface area contributed by atoms with E-state index in [1.807, 2.05) is 17.5 Å². The Labute approximate surface area is 148 Å². The summed E-state index contributed by atoms with van der Waals surface area (Å²) in [5, 5.41) is 25.4. The molecule has 1 aromatic heterocycles. The molecule has 0 radical (unpaired) electrons. The molecule has 0 bridgehead atoms. The fourth-order valence-corrected chi connectivity index (χ4v) is 4.26. The zero-order chi connectivity index (χ0) is 17.8. The van der Waals surface area contributed by atoms with Gasteiger partial charge in [-0.2, -0.15) is 0 Å². The first-order chi connectivity index (χ1) is 12.1. The second-order valence-corrected chi connectivity index (χ2v) is 7.18. The molecule has 1 heterocycles. The van der Waals surface area contributed by atoms with Crippen LogP contribution in [0.2, 0.25) is 0 Å². The third-order valence-corrected chi connectivity index (χ3v) is 5.74. The fraction of sp³-hybridized carbons (Fsp3) is 0.0556. The summed E-state index contributed by atoms with van der Waals surface area (Å²) in [4.78, 5) is 14.3. The molecule has 24 heavy (non-hydrogen) atoms. The van der Waals surface area contributed by atoms with Gasteiger partial charge in [0, 0.05) is 10.4 Å². The molecule has 0 spiro atoms. The Balaban J connectivity index is 1.94. The maximum absolute atomic E-state index is 13.0. The smallest absolute Gasteiger partial charge is 0.293 e. The molecule has 0 amide bonds. The molecule has 3 rings (SSSR count). The van der Waals surface area contributed by atoms with Crippen molar-refractivity contribution in [1.82, 2.24) is 0 Å². The minimum atomic E-state index is -0.560. The van der Waals surface area contributed by atoms with Gasteiger partial charge in [0.05, 0.1) is 4.90 Å². The molecule has 122 valence electrons. The average Bonchev–Trinajstić information content (AvgIpc) is 3.16. The van der Waals surface area contributed by atoms with Crippen LogP contribution in [0.3, 0.4) is 0 Å². The lowest BCUT2D eigenvalue weighted by Crippen LogP contribution is -2.08. The van der Waals surface area contributed by atoms with E-state index in [1.54, 1.807) is 24.3 Å². The SMILES string of the molecule is [3H]Oc1ccc(C(=O)C(Sc2cc(O)ccc2O)c2cccs2)cc1. The Morgan fingerprint density at radius 2 is 1.83 bits per heavy atom. The van der Waals surface area contributed by atoms with Gasteiger partial charge in [0.25, 0.3) is 1.43 Å². The Morgan fingerprint density at radius 1 is 1.08 bits per heavy atom. The second kappa shape index (κ2) is 6.98. The van der Waals surface area contributed by atoms with Crippen LogP contribution in [0, 0.1) is 0 Å². The molecule has 0 aliphatic carbocycles. The Bertz CT molecular complexity index is 863. The van der Waals surface area contributed by atoms with E-state index in [-0.39, 0.29) is 17.3 Å². The highest BCUT2D eigenvalue weighted by Gasteiger charge is 2.25. The number of rotatable bonds is 6. The number of aromatic hydroxyl groups is 3. The van der Waals surface area contributed by atoms with Gasteiger partial charge in [-0.05, 0) is 53.9 Å². The number of thiophene rings is 1. The second-order valence-electron chi connectivity index (χ2n) is 5.05. The zero-order valence-electron chi connectivity index (χ0n) is 13.4. The lowest BCUT2D eigenvalue weighted by atomic mass is 10.1. The van der Waals surface area contributed by atoms with E-state index in [2.05, 4.69) is 5.11 Å². The van der Waals surface area contributed by atoms with Gasteiger partial charge in [0.1, 0.15) is 22.5 Å². The molecule has 1 atom stereocenters. The van der Waals surface area contributed by atoms with Crippen molar-refractivity contribution >= 4 is 28.9 Å². The monoisotopic (exact) mass is 360 g/mol. The van der Waals surface area contributed by atoms with Crippen molar-refractivity contribution < 1.29 is 20.1 Å². The summed E-state index contributed by atoms with van der Waals surface area (Å²) in [6.07, 6.45) is 0. The van der Waals surface area contributed by atoms with E-state index in [0.29, 0.717) is 16.2 Å². The Morgan fingerprint density at radius 3 is 2.50 bits per heavy atom. The van der Waals surface area contributed by atoms with Crippen LogP contribution in [0.25, 0.3) is 0 Å². The summed E-state index contributed by atoms with van der Waals surface area (Å²) in [5.74, 6) is 0.249. The van der Waals surface area contributed by atoms with Crippen molar-refractivity contribution in [3.8, 4) is 17.2 Å². The number of phenolic OH excluding ortho intramolecular Hbond substituents is 3. The van der Waals surface area contributed by atoms with Gasteiger partial charge in [0.15, 0.2) is 5.78 Å². The molecule has 3 aromatic rings. The predicted octanol–water partition coefficient (Wildman–Crippen LogP) is 4.58. The number of thioether (sulfide) groups is 1. The highest BCUT2D eigenvalue weighted by Crippen LogP contribution is 2.44. The lowest BCUT2D eigenvalue weighted by molar-refractivity contribution is 0.0990. The van der Waals surface area contributed by atoms with E-state index in [9.17, 15) is 15.0 Å². The number of hydrogen-bond donors (Lipinski definition) is 3. The van der Waals surface area contributed by atoms with Crippen molar-refractivity contribution in [2.45, 2.75) is 10.1 Å². The van der Waals surface area contributed by atoms with E-state index in [0.717, 1.165) is 4.88 Å². The number of benzene rings is 2. The van der Waals surface area contributed by atoms with Crippen LogP contribution in [-0.4, -0.2) is 22.5 Å². The van der Waals surface area contributed by atoms with Crippen LogP contribution in [0.1, 0.15) is 20.5 Å². The third kappa shape index (κ3) is 3.55. The molecule has 0 saturated heterocycles. The van der Waals surface area contributed by atoms with Gasteiger partial charge >= 0.3 is 0 Å². The highest BCUT2D eigenvalue weighted by molar-refractivity contribution is 8.00.